The summed E-state index contributed by atoms with van der Waals surface area (Å²) in [4.78, 5) is 20.5. The van der Waals surface area contributed by atoms with Gasteiger partial charge in [-0.3, -0.25) is 4.79 Å². The van der Waals surface area contributed by atoms with Gasteiger partial charge in [-0.25, -0.2) is 9.97 Å². The van der Waals surface area contributed by atoms with Crippen LogP contribution >= 0.6 is 11.6 Å². The fourth-order valence-electron chi connectivity index (χ4n) is 1.76. The van der Waals surface area contributed by atoms with Gasteiger partial charge in [0, 0.05) is 16.2 Å². The summed E-state index contributed by atoms with van der Waals surface area (Å²) in [5.41, 5.74) is 1.71. The first-order valence-corrected chi connectivity index (χ1v) is 7.30. The van der Waals surface area contributed by atoms with E-state index in [9.17, 15) is 4.79 Å². The average molecular weight is 319 g/mol. The van der Waals surface area contributed by atoms with Crippen molar-refractivity contribution in [3.63, 3.8) is 0 Å². The highest BCUT2D eigenvalue weighted by Gasteiger charge is 2.12. The molecule has 0 aliphatic carbocycles. The molecule has 0 saturated carbocycles. The monoisotopic (exact) mass is 318 g/mol. The maximum Gasteiger partial charge on any atom is 0.275 e. The summed E-state index contributed by atoms with van der Waals surface area (Å²) in [5, 5.41) is 6.54. The smallest absolute Gasteiger partial charge is 0.275 e. The Morgan fingerprint density at radius 2 is 1.91 bits per heavy atom. The number of amides is 1. The van der Waals surface area contributed by atoms with Crippen LogP contribution in [0.1, 0.15) is 36.8 Å². The second-order valence-corrected chi connectivity index (χ2v) is 6.49. The number of halogens is 1. The summed E-state index contributed by atoms with van der Waals surface area (Å²) < 4.78 is 0. The molecular formula is C16H19ClN4O. The molecule has 2 rings (SSSR count). The van der Waals surface area contributed by atoms with Crippen LogP contribution in [0.5, 0.6) is 0 Å². The third-order valence-electron chi connectivity index (χ3n) is 2.82. The molecule has 1 aromatic heterocycles. The number of hydrogen-bond donors (Lipinski definition) is 2. The van der Waals surface area contributed by atoms with Gasteiger partial charge in [-0.15, -0.1) is 0 Å². The first-order valence-electron chi connectivity index (χ1n) is 6.92. The van der Waals surface area contributed by atoms with E-state index in [0.29, 0.717) is 16.5 Å². The van der Waals surface area contributed by atoms with Crippen molar-refractivity contribution in [2.75, 3.05) is 10.6 Å². The fourth-order valence-corrected chi connectivity index (χ4v) is 1.94. The van der Waals surface area contributed by atoms with E-state index >= 15 is 0 Å². The molecule has 0 spiro atoms. The number of nitrogens with one attached hydrogen (secondary N) is 2. The number of carbonyl (C=O) groups is 1. The molecule has 1 heterocycles. The predicted octanol–water partition coefficient (Wildman–Crippen LogP) is 3.90. The van der Waals surface area contributed by atoms with Crippen molar-refractivity contribution in [3.05, 3.63) is 46.9 Å². The van der Waals surface area contributed by atoms with Crippen molar-refractivity contribution in [2.45, 2.75) is 33.2 Å². The number of carbonyl (C=O) groups excluding carboxylic acids is 1. The highest BCUT2D eigenvalue weighted by atomic mass is 35.5. The molecule has 0 bridgehead atoms. The number of benzene rings is 1. The van der Waals surface area contributed by atoms with Crippen molar-refractivity contribution in [1.82, 2.24) is 9.97 Å². The van der Waals surface area contributed by atoms with E-state index in [1.807, 2.05) is 33.8 Å². The molecular weight excluding hydrogens is 300 g/mol. The van der Waals surface area contributed by atoms with Gasteiger partial charge in [-0.05, 0) is 45.4 Å². The molecule has 0 unspecified atom stereocenters. The molecule has 116 valence electrons. The molecule has 6 heteroatoms. The van der Waals surface area contributed by atoms with Gasteiger partial charge in [-0.1, -0.05) is 17.7 Å². The molecule has 5 nitrogen and oxygen atoms in total. The number of nitrogens with zero attached hydrogens (tertiary/aromatic N) is 2. The van der Waals surface area contributed by atoms with Crippen LogP contribution in [0.2, 0.25) is 5.02 Å². The number of aryl methyl sites for hydroxylation is 1. The molecule has 1 amide bonds. The van der Waals surface area contributed by atoms with Crippen molar-refractivity contribution < 1.29 is 4.79 Å². The van der Waals surface area contributed by atoms with E-state index in [1.54, 1.807) is 18.3 Å². The molecule has 0 aliphatic rings. The van der Waals surface area contributed by atoms with Gasteiger partial charge in [0.25, 0.3) is 5.91 Å². The van der Waals surface area contributed by atoms with E-state index in [-0.39, 0.29) is 17.1 Å². The quantitative estimate of drug-likeness (QED) is 0.900. The van der Waals surface area contributed by atoms with Crippen LogP contribution in [0.25, 0.3) is 0 Å². The van der Waals surface area contributed by atoms with Crippen molar-refractivity contribution >= 4 is 29.0 Å². The fraction of sp³-hybridized carbons (Fsp3) is 0.312. The van der Waals surface area contributed by atoms with Crippen molar-refractivity contribution in [3.8, 4) is 0 Å². The van der Waals surface area contributed by atoms with Crippen LogP contribution < -0.4 is 10.6 Å². The number of rotatable bonds is 3. The highest BCUT2D eigenvalue weighted by molar-refractivity contribution is 6.31. The topological polar surface area (TPSA) is 66.9 Å². The Morgan fingerprint density at radius 3 is 2.45 bits per heavy atom. The maximum absolute atomic E-state index is 12.1. The number of hydrogen-bond acceptors (Lipinski definition) is 4. The predicted molar refractivity (Wildman–Crippen MR) is 89.5 cm³/mol. The molecule has 0 atom stereocenters. The zero-order valence-corrected chi connectivity index (χ0v) is 13.8. The van der Waals surface area contributed by atoms with Gasteiger partial charge in [0.05, 0.1) is 12.4 Å². The second-order valence-electron chi connectivity index (χ2n) is 6.08. The third kappa shape index (κ3) is 4.43. The van der Waals surface area contributed by atoms with Crippen LogP contribution in [-0.2, 0) is 0 Å². The second kappa shape index (κ2) is 6.32. The van der Waals surface area contributed by atoms with Gasteiger partial charge >= 0.3 is 0 Å². The minimum absolute atomic E-state index is 0.114. The molecule has 0 fully saturated rings. The summed E-state index contributed by atoms with van der Waals surface area (Å²) >= 11 is 6.04. The lowest BCUT2D eigenvalue weighted by molar-refractivity contribution is 0.102. The summed E-state index contributed by atoms with van der Waals surface area (Å²) in [6, 6.07) is 5.35. The first-order chi connectivity index (χ1) is 10.2. The zero-order chi connectivity index (χ0) is 16.3. The average Bonchev–Trinajstić information content (AvgIpc) is 2.42. The molecule has 2 N–H and O–H groups in total. The highest BCUT2D eigenvalue weighted by Crippen LogP contribution is 2.20. The normalized spacial score (nSPS) is 11.1. The zero-order valence-electron chi connectivity index (χ0n) is 13.1. The summed E-state index contributed by atoms with van der Waals surface area (Å²) in [5.74, 6) is 0.303. The first kappa shape index (κ1) is 16.2. The lowest BCUT2D eigenvalue weighted by atomic mass is 10.1. The maximum atomic E-state index is 12.1. The largest absolute Gasteiger partial charge is 0.364 e. The van der Waals surface area contributed by atoms with Gasteiger partial charge in [0.2, 0.25) is 0 Å². The Morgan fingerprint density at radius 1 is 1.18 bits per heavy atom. The summed E-state index contributed by atoms with van der Waals surface area (Å²) in [7, 11) is 0. The number of anilines is 2. The van der Waals surface area contributed by atoms with Gasteiger partial charge in [0.15, 0.2) is 0 Å². The van der Waals surface area contributed by atoms with Crippen molar-refractivity contribution in [2.24, 2.45) is 0 Å². The Kier molecular flexibility index (Phi) is 4.66. The van der Waals surface area contributed by atoms with Crippen LogP contribution in [-0.4, -0.2) is 21.4 Å². The molecule has 0 radical (unpaired) electrons. The van der Waals surface area contributed by atoms with E-state index in [2.05, 4.69) is 20.6 Å². The van der Waals surface area contributed by atoms with Crippen LogP contribution in [0.4, 0.5) is 11.5 Å². The lowest BCUT2D eigenvalue weighted by Crippen LogP contribution is -2.27. The Hall–Kier alpha value is -2.14. The van der Waals surface area contributed by atoms with E-state index < -0.39 is 0 Å². The van der Waals surface area contributed by atoms with E-state index in [0.717, 1.165) is 5.56 Å². The lowest BCUT2D eigenvalue weighted by Gasteiger charge is -2.20. The standard InChI is InChI=1S/C16H19ClN4O/c1-10-5-6-11(7-12(10)17)20-15(22)13-8-19-14(9-18-13)21-16(2,3)4/h5-9H,1-4H3,(H,19,21)(H,20,22). The Bertz CT molecular complexity index is 678. The Balaban J connectivity index is 2.08. The minimum Gasteiger partial charge on any atom is -0.364 e. The van der Waals surface area contributed by atoms with Gasteiger partial charge < -0.3 is 10.6 Å². The SMILES string of the molecule is Cc1ccc(NC(=O)c2cnc(NC(C)(C)C)cn2)cc1Cl. The van der Waals surface area contributed by atoms with Gasteiger partial charge in [-0.2, -0.15) is 0 Å². The third-order valence-corrected chi connectivity index (χ3v) is 3.22. The summed E-state index contributed by atoms with van der Waals surface area (Å²) in [6.45, 7) is 7.98. The summed E-state index contributed by atoms with van der Waals surface area (Å²) in [6.07, 6.45) is 2.99. The molecule has 1 aromatic carbocycles. The molecule has 0 saturated heterocycles. The molecule has 22 heavy (non-hydrogen) atoms. The van der Waals surface area contributed by atoms with Gasteiger partial charge in [0.1, 0.15) is 11.5 Å². The minimum atomic E-state index is -0.324. The molecule has 2 aromatic rings. The Labute approximate surface area is 135 Å². The van der Waals surface area contributed by atoms with E-state index in [4.69, 9.17) is 11.6 Å². The van der Waals surface area contributed by atoms with Crippen molar-refractivity contribution in [1.29, 1.82) is 0 Å². The van der Waals surface area contributed by atoms with Crippen LogP contribution in [0.15, 0.2) is 30.6 Å². The van der Waals surface area contributed by atoms with Crippen LogP contribution in [0, 0.1) is 6.92 Å². The van der Waals surface area contributed by atoms with Crippen LogP contribution in [0.3, 0.4) is 0 Å². The number of aromatic nitrogens is 2. The van der Waals surface area contributed by atoms with E-state index in [1.165, 1.54) is 6.20 Å². The molecule has 0 aliphatic heterocycles.